The number of nitrogens with one attached hydrogen (secondary N) is 2. The Morgan fingerprint density at radius 3 is 2.53 bits per heavy atom. The van der Waals surface area contributed by atoms with Gasteiger partial charge < -0.3 is 10.6 Å². The zero-order valence-corrected chi connectivity index (χ0v) is 13.2. The van der Waals surface area contributed by atoms with E-state index < -0.39 is 0 Å². The quantitative estimate of drug-likeness (QED) is 0.727. The van der Waals surface area contributed by atoms with Crippen LogP contribution in [0.3, 0.4) is 0 Å². The maximum atomic E-state index is 12.0. The number of rotatable bonds is 6. The molecule has 0 aromatic rings. The standard InChI is InChI=1S/C16H32N2O/c1-12(2)10-11-17-16(19)14(4)18-15-9-7-5-6-8-13(15)3/h12-15,18H,5-11H2,1-4H3,(H,17,19). The topological polar surface area (TPSA) is 41.1 Å². The van der Waals surface area contributed by atoms with Crippen molar-refractivity contribution < 1.29 is 4.79 Å². The molecule has 3 heteroatoms. The number of hydrogen-bond donors (Lipinski definition) is 2. The van der Waals surface area contributed by atoms with Crippen molar-refractivity contribution in [3.8, 4) is 0 Å². The van der Waals surface area contributed by atoms with Gasteiger partial charge in [0.1, 0.15) is 0 Å². The van der Waals surface area contributed by atoms with Gasteiger partial charge in [0.05, 0.1) is 6.04 Å². The third kappa shape index (κ3) is 6.42. The maximum absolute atomic E-state index is 12.0. The van der Waals surface area contributed by atoms with Gasteiger partial charge in [0.25, 0.3) is 0 Å². The third-order valence-corrected chi connectivity index (χ3v) is 4.24. The minimum absolute atomic E-state index is 0.0716. The number of carbonyl (C=O) groups is 1. The van der Waals surface area contributed by atoms with Gasteiger partial charge in [0, 0.05) is 12.6 Å². The van der Waals surface area contributed by atoms with Crippen LogP contribution >= 0.6 is 0 Å². The monoisotopic (exact) mass is 268 g/mol. The zero-order valence-electron chi connectivity index (χ0n) is 13.2. The molecule has 1 aliphatic carbocycles. The Kier molecular flexibility index (Phi) is 7.44. The average molecular weight is 268 g/mol. The van der Waals surface area contributed by atoms with Crippen molar-refractivity contribution in [3.63, 3.8) is 0 Å². The zero-order chi connectivity index (χ0) is 14.3. The fourth-order valence-electron chi connectivity index (χ4n) is 2.77. The molecule has 3 unspecified atom stereocenters. The van der Waals surface area contributed by atoms with Crippen LogP contribution in [0.1, 0.15) is 66.2 Å². The Labute approximate surface area is 118 Å². The van der Waals surface area contributed by atoms with E-state index in [-0.39, 0.29) is 11.9 Å². The van der Waals surface area contributed by atoms with Gasteiger partial charge in [0.15, 0.2) is 0 Å². The van der Waals surface area contributed by atoms with E-state index in [9.17, 15) is 4.79 Å². The molecule has 3 nitrogen and oxygen atoms in total. The van der Waals surface area contributed by atoms with E-state index >= 15 is 0 Å². The lowest BCUT2D eigenvalue weighted by Crippen LogP contribution is -2.48. The predicted octanol–water partition coefficient (Wildman–Crippen LogP) is 3.10. The minimum Gasteiger partial charge on any atom is -0.355 e. The molecule has 0 aromatic carbocycles. The summed E-state index contributed by atoms with van der Waals surface area (Å²) in [6, 6.07) is 0.436. The summed E-state index contributed by atoms with van der Waals surface area (Å²) in [5.41, 5.74) is 0. The molecule has 0 heterocycles. The van der Waals surface area contributed by atoms with Crippen LogP contribution in [-0.4, -0.2) is 24.5 Å². The Morgan fingerprint density at radius 1 is 1.16 bits per heavy atom. The van der Waals surface area contributed by atoms with Crippen LogP contribution in [-0.2, 0) is 4.79 Å². The number of amides is 1. The van der Waals surface area contributed by atoms with Gasteiger partial charge in [-0.3, -0.25) is 4.79 Å². The summed E-state index contributed by atoms with van der Waals surface area (Å²) in [6.07, 6.45) is 7.54. The van der Waals surface area contributed by atoms with E-state index in [1.54, 1.807) is 0 Å². The lowest BCUT2D eigenvalue weighted by atomic mass is 9.96. The SMILES string of the molecule is CC(C)CCNC(=O)C(C)NC1CCCCCC1C. The van der Waals surface area contributed by atoms with Crippen molar-refractivity contribution in [1.29, 1.82) is 0 Å². The molecule has 0 saturated heterocycles. The van der Waals surface area contributed by atoms with Crippen LogP contribution in [0, 0.1) is 11.8 Å². The van der Waals surface area contributed by atoms with Gasteiger partial charge in [0.2, 0.25) is 5.91 Å². The first-order chi connectivity index (χ1) is 9.00. The average Bonchev–Trinajstić information content (AvgIpc) is 2.54. The molecular formula is C16H32N2O. The lowest BCUT2D eigenvalue weighted by Gasteiger charge is -2.26. The molecule has 1 saturated carbocycles. The van der Waals surface area contributed by atoms with E-state index in [1.165, 1.54) is 32.1 Å². The fourth-order valence-corrected chi connectivity index (χ4v) is 2.77. The fraction of sp³-hybridized carbons (Fsp3) is 0.938. The van der Waals surface area contributed by atoms with E-state index in [4.69, 9.17) is 0 Å². The molecule has 0 aliphatic heterocycles. The molecule has 0 spiro atoms. The summed E-state index contributed by atoms with van der Waals surface area (Å²) in [5.74, 6) is 1.48. The molecule has 1 amide bonds. The highest BCUT2D eigenvalue weighted by Gasteiger charge is 2.23. The first-order valence-electron chi connectivity index (χ1n) is 8.04. The van der Waals surface area contributed by atoms with Crippen LogP contribution in [0.4, 0.5) is 0 Å². The lowest BCUT2D eigenvalue weighted by molar-refractivity contribution is -0.123. The highest BCUT2D eigenvalue weighted by molar-refractivity contribution is 5.81. The molecule has 1 fully saturated rings. The first kappa shape index (κ1) is 16.5. The summed E-state index contributed by atoms with van der Waals surface area (Å²) in [7, 11) is 0. The van der Waals surface area contributed by atoms with E-state index in [1.807, 2.05) is 6.92 Å². The van der Waals surface area contributed by atoms with E-state index in [0.717, 1.165) is 13.0 Å². The van der Waals surface area contributed by atoms with Gasteiger partial charge in [-0.25, -0.2) is 0 Å². The van der Waals surface area contributed by atoms with Crippen LogP contribution < -0.4 is 10.6 Å². The molecule has 1 rings (SSSR count). The van der Waals surface area contributed by atoms with Crippen molar-refractivity contribution in [1.82, 2.24) is 10.6 Å². The summed E-state index contributed by atoms with van der Waals surface area (Å²) in [5, 5.41) is 6.57. The second-order valence-electron chi connectivity index (χ2n) is 6.58. The highest BCUT2D eigenvalue weighted by Crippen LogP contribution is 2.23. The van der Waals surface area contributed by atoms with Crippen LogP contribution in [0.5, 0.6) is 0 Å². The van der Waals surface area contributed by atoms with Crippen LogP contribution in [0.25, 0.3) is 0 Å². The van der Waals surface area contributed by atoms with Crippen LogP contribution in [0.2, 0.25) is 0 Å². The number of hydrogen-bond acceptors (Lipinski definition) is 2. The molecule has 0 radical (unpaired) electrons. The van der Waals surface area contributed by atoms with Gasteiger partial charge in [-0.1, -0.05) is 40.0 Å². The normalized spacial score (nSPS) is 25.9. The molecule has 0 bridgehead atoms. The van der Waals surface area contributed by atoms with Gasteiger partial charge >= 0.3 is 0 Å². The number of carbonyl (C=O) groups excluding carboxylic acids is 1. The molecular weight excluding hydrogens is 236 g/mol. The van der Waals surface area contributed by atoms with Gasteiger partial charge in [-0.05, 0) is 38.0 Å². The smallest absolute Gasteiger partial charge is 0.236 e. The predicted molar refractivity (Wildman–Crippen MR) is 81.1 cm³/mol. The van der Waals surface area contributed by atoms with Crippen molar-refractivity contribution >= 4 is 5.91 Å². The molecule has 0 aromatic heterocycles. The molecule has 19 heavy (non-hydrogen) atoms. The molecule has 112 valence electrons. The summed E-state index contributed by atoms with van der Waals surface area (Å²) in [6.45, 7) is 9.46. The van der Waals surface area contributed by atoms with Gasteiger partial charge in [-0.15, -0.1) is 0 Å². The Morgan fingerprint density at radius 2 is 1.84 bits per heavy atom. The Balaban J connectivity index is 2.31. The summed E-state index contributed by atoms with van der Waals surface area (Å²) in [4.78, 5) is 12.0. The van der Waals surface area contributed by atoms with E-state index in [0.29, 0.717) is 17.9 Å². The Hall–Kier alpha value is -0.570. The molecule has 1 aliphatic rings. The summed E-state index contributed by atoms with van der Waals surface area (Å²) >= 11 is 0. The maximum Gasteiger partial charge on any atom is 0.236 e. The molecule has 2 N–H and O–H groups in total. The third-order valence-electron chi connectivity index (χ3n) is 4.24. The van der Waals surface area contributed by atoms with Crippen molar-refractivity contribution in [2.45, 2.75) is 78.3 Å². The Bertz CT molecular complexity index is 265. The van der Waals surface area contributed by atoms with Gasteiger partial charge in [-0.2, -0.15) is 0 Å². The summed E-state index contributed by atoms with van der Waals surface area (Å²) < 4.78 is 0. The van der Waals surface area contributed by atoms with Crippen molar-refractivity contribution in [2.24, 2.45) is 11.8 Å². The highest BCUT2D eigenvalue weighted by atomic mass is 16.2. The largest absolute Gasteiger partial charge is 0.355 e. The second kappa shape index (κ2) is 8.57. The first-order valence-corrected chi connectivity index (χ1v) is 8.04. The van der Waals surface area contributed by atoms with E-state index in [2.05, 4.69) is 31.4 Å². The second-order valence-corrected chi connectivity index (χ2v) is 6.58. The van der Waals surface area contributed by atoms with Crippen molar-refractivity contribution in [2.75, 3.05) is 6.54 Å². The molecule has 3 atom stereocenters. The minimum atomic E-state index is -0.0716. The van der Waals surface area contributed by atoms with Crippen molar-refractivity contribution in [3.05, 3.63) is 0 Å². The van der Waals surface area contributed by atoms with Crippen LogP contribution in [0.15, 0.2) is 0 Å².